The van der Waals surface area contributed by atoms with E-state index in [0.29, 0.717) is 0 Å². The Balaban J connectivity index is 2.62. The Morgan fingerprint density at radius 3 is 2.55 bits per heavy atom. The van der Waals surface area contributed by atoms with Gasteiger partial charge in [-0.25, -0.2) is 4.79 Å². The van der Waals surface area contributed by atoms with Gasteiger partial charge >= 0.3 is 17.6 Å². The van der Waals surface area contributed by atoms with Crippen molar-refractivity contribution in [2.24, 2.45) is 0 Å². The summed E-state index contributed by atoms with van der Waals surface area (Å²) in [7, 11) is 0. The van der Waals surface area contributed by atoms with Crippen LogP contribution in [0.1, 0.15) is 6.42 Å². The van der Waals surface area contributed by atoms with E-state index in [1.807, 2.05) is 5.32 Å². The molecule has 11 heteroatoms. The van der Waals surface area contributed by atoms with Crippen molar-refractivity contribution < 1.29 is 29.5 Å². The lowest BCUT2D eigenvalue weighted by Gasteiger charge is -2.12. The summed E-state index contributed by atoms with van der Waals surface area (Å²) in [5.74, 6) is -3.70. The first-order valence-corrected chi connectivity index (χ1v) is 5.20. The molecule has 0 fully saturated rings. The van der Waals surface area contributed by atoms with Crippen molar-refractivity contribution in [1.82, 2.24) is 15.1 Å². The van der Waals surface area contributed by atoms with Crippen LogP contribution in [0.25, 0.3) is 0 Å². The molecule has 20 heavy (non-hydrogen) atoms. The maximum Gasteiger partial charge on any atom is 0.326 e. The van der Waals surface area contributed by atoms with E-state index in [1.165, 1.54) is 0 Å². The molecule has 0 radical (unpaired) electrons. The number of nitrogens with one attached hydrogen (secondary N) is 1. The van der Waals surface area contributed by atoms with E-state index in [2.05, 4.69) is 5.10 Å². The van der Waals surface area contributed by atoms with Gasteiger partial charge in [0.2, 0.25) is 5.91 Å². The van der Waals surface area contributed by atoms with Gasteiger partial charge in [-0.2, -0.15) is 5.10 Å². The van der Waals surface area contributed by atoms with E-state index >= 15 is 0 Å². The van der Waals surface area contributed by atoms with Crippen LogP contribution in [0.2, 0.25) is 0 Å². The van der Waals surface area contributed by atoms with Crippen molar-refractivity contribution in [2.45, 2.75) is 19.0 Å². The second-order valence-corrected chi connectivity index (χ2v) is 3.71. The minimum Gasteiger partial charge on any atom is -0.481 e. The van der Waals surface area contributed by atoms with E-state index < -0.39 is 41.8 Å². The highest BCUT2D eigenvalue weighted by molar-refractivity contribution is 5.86. The van der Waals surface area contributed by atoms with Gasteiger partial charge in [0, 0.05) is 0 Å². The zero-order valence-electron chi connectivity index (χ0n) is 9.92. The molecule has 0 saturated carbocycles. The lowest BCUT2D eigenvalue weighted by Crippen LogP contribution is -2.43. The third-order valence-electron chi connectivity index (χ3n) is 2.15. The minimum atomic E-state index is -1.58. The van der Waals surface area contributed by atoms with Gasteiger partial charge in [-0.15, -0.1) is 0 Å². The summed E-state index contributed by atoms with van der Waals surface area (Å²) < 4.78 is 0.938. The van der Waals surface area contributed by atoms with E-state index in [1.54, 1.807) is 0 Å². The molecule has 1 rings (SSSR count). The van der Waals surface area contributed by atoms with Gasteiger partial charge in [-0.1, -0.05) is 0 Å². The van der Waals surface area contributed by atoms with Crippen LogP contribution >= 0.6 is 0 Å². The van der Waals surface area contributed by atoms with Crippen LogP contribution in [-0.2, 0) is 20.9 Å². The summed E-state index contributed by atoms with van der Waals surface area (Å²) in [6.07, 6.45) is 1.14. The molecule has 1 aromatic heterocycles. The zero-order valence-corrected chi connectivity index (χ0v) is 9.92. The molecular weight excluding hydrogens is 276 g/mol. The summed E-state index contributed by atoms with van der Waals surface area (Å²) >= 11 is 0. The van der Waals surface area contributed by atoms with Gasteiger partial charge in [0.05, 0.1) is 11.3 Å². The molecule has 3 N–H and O–H groups in total. The number of amides is 1. The normalized spacial score (nSPS) is 11.6. The molecule has 1 heterocycles. The van der Waals surface area contributed by atoms with E-state index in [4.69, 9.17) is 10.2 Å². The summed E-state index contributed by atoms with van der Waals surface area (Å²) in [6.45, 7) is -0.461. The van der Waals surface area contributed by atoms with E-state index in [0.717, 1.165) is 17.1 Å². The Labute approximate surface area is 111 Å². The highest BCUT2D eigenvalue weighted by atomic mass is 16.6. The highest BCUT2D eigenvalue weighted by Crippen LogP contribution is 2.07. The SMILES string of the molecule is O=C(O)C[C@@H](NC(=O)Cn1cc([N+](=O)[O-])cn1)C(=O)O. The van der Waals surface area contributed by atoms with Gasteiger partial charge in [-0.05, 0) is 0 Å². The van der Waals surface area contributed by atoms with E-state index in [-0.39, 0.29) is 5.69 Å². The molecule has 0 spiro atoms. The Kier molecular flexibility index (Phi) is 4.72. The first kappa shape index (κ1) is 15.1. The third-order valence-corrected chi connectivity index (χ3v) is 2.15. The molecule has 0 bridgehead atoms. The summed E-state index contributed by atoms with van der Waals surface area (Å²) in [6, 6.07) is -1.58. The molecule has 0 unspecified atom stereocenters. The standard InChI is InChI=1S/C9H10N4O7/c14-7(11-6(9(17)18)1-8(15)16)4-12-3-5(2-10-12)13(19)20/h2-3,6H,1,4H2,(H,11,14)(H,15,16)(H,17,18)/t6-/m1/s1. The van der Waals surface area contributed by atoms with Crippen LogP contribution in [0, 0.1) is 10.1 Å². The van der Waals surface area contributed by atoms with Crippen molar-refractivity contribution in [3.05, 3.63) is 22.5 Å². The molecular formula is C9H10N4O7. The van der Waals surface area contributed by atoms with Crippen LogP contribution in [0.3, 0.4) is 0 Å². The van der Waals surface area contributed by atoms with Crippen LogP contribution in [0.4, 0.5) is 5.69 Å². The number of carbonyl (C=O) groups excluding carboxylic acids is 1. The number of nitro groups is 1. The van der Waals surface area contributed by atoms with Crippen LogP contribution < -0.4 is 5.32 Å². The second kappa shape index (κ2) is 6.26. The van der Waals surface area contributed by atoms with Crippen molar-refractivity contribution in [1.29, 1.82) is 0 Å². The van der Waals surface area contributed by atoms with Gasteiger partial charge in [0.15, 0.2) is 0 Å². The van der Waals surface area contributed by atoms with Crippen LogP contribution in [-0.4, -0.2) is 48.8 Å². The monoisotopic (exact) mass is 286 g/mol. The first-order valence-electron chi connectivity index (χ1n) is 5.20. The Morgan fingerprint density at radius 1 is 1.45 bits per heavy atom. The number of carboxylic acids is 2. The van der Waals surface area contributed by atoms with Gasteiger partial charge < -0.3 is 15.5 Å². The fourth-order valence-electron chi connectivity index (χ4n) is 1.30. The zero-order chi connectivity index (χ0) is 15.3. The van der Waals surface area contributed by atoms with Crippen LogP contribution in [0.5, 0.6) is 0 Å². The fraction of sp³-hybridized carbons (Fsp3) is 0.333. The highest BCUT2D eigenvalue weighted by Gasteiger charge is 2.23. The predicted octanol–water partition coefficient (Wildman–Crippen LogP) is -1.16. The molecule has 0 aliphatic carbocycles. The lowest BCUT2D eigenvalue weighted by molar-refractivity contribution is -0.385. The molecule has 0 aliphatic heterocycles. The maximum atomic E-state index is 11.5. The lowest BCUT2D eigenvalue weighted by atomic mass is 10.2. The van der Waals surface area contributed by atoms with Crippen molar-refractivity contribution in [3.8, 4) is 0 Å². The Morgan fingerprint density at radius 2 is 2.10 bits per heavy atom. The van der Waals surface area contributed by atoms with E-state index in [9.17, 15) is 24.5 Å². The Hall–Kier alpha value is -2.98. The number of aromatic nitrogens is 2. The minimum absolute atomic E-state index is 0.321. The van der Waals surface area contributed by atoms with Gasteiger partial charge in [0.1, 0.15) is 25.0 Å². The number of hydrogen-bond donors (Lipinski definition) is 3. The van der Waals surface area contributed by atoms with Crippen molar-refractivity contribution in [2.75, 3.05) is 0 Å². The van der Waals surface area contributed by atoms with Gasteiger partial charge in [0.25, 0.3) is 0 Å². The second-order valence-electron chi connectivity index (χ2n) is 3.71. The Bertz CT molecular complexity index is 552. The third kappa shape index (κ3) is 4.36. The number of aliphatic carboxylic acids is 2. The largest absolute Gasteiger partial charge is 0.481 e. The maximum absolute atomic E-state index is 11.5. The first-order chi connectivity index (χ1) is 9.29. The number of nitrogens with zero attached hydrogens (tertiary/aromatic N) is 3. The topological polar surface area (TPSA) is 165 Å². The van der Waals surface area contributed by atoms with Crippen molar-refractivity contribution >= 4 is 23.5 Å². The smallest absolute Gasteiger partial charge is 0.326 e. The van der Waals surface area contributed by atoms with Crippen LogP contribution in [0.15, 0.2) is 12.4 Å². The number of rotatable bonds is 7. The number of carbonyl (C=O) groups is 3. The molecule has 0 saturated heterocycles. The number of hydrogen-bond acceptors (Lipinski definition) is 6. The average Bonchev–Trinajstić information content (AvgIpc) is 2.75. The summed E-state index contributed by atoms with van der Waals surface area (Å²) in [5.41, 5.74) is -0.321. The summed E-state index contributed by atoms with van der Waals surface area (Å²) in [4.78, 5) is 42.3. The quantitative estimate of drug-likeness (QED) is 0.416. The molecule has 108 valence electrons. The molecule has 1 aromatic rings. The number of carboxylic acid groups (broad SMARTS) is 2. The molecule has 1 amide bonds. The summed E-state index contributed by atoms with van der Waals surface area (Å²) in [5, 5.41) is 33.1. The fourth-order valence-corrected chi connectivity index (χ4v) is 1.30. The molecule has 1 atom stereocenters. The predicted molar refractivity (Wildman–Crippen MR) is 60.7 cm³/mol. The molecule has 11 nitrogen and oxygen atoms in total. The van der Waals surface area contributed by atoms with Crippen molar-refractivity contribution in [3.63, 3.8) is 0 Å². The molecule has 0 aliphatic rings. The average molecular weight is 286 g/mol. The van der Waals surface area contributed by atoms with Gasteiger partial charge in [-0.3, -0.25) is 24.4 Å². The molecule has 0 aromatic carbocycles.